The van der Waals surface area contributed by atoms with Gasteiger partial charge < -0.3 is 10.1 Å². The number of benzene rings is 2. The van der Waals surface area contributed by atoms with Gasteiger partial charge in [-0.25, -0.2) is 21.9 Å². The van der Waals surface area contributed by atoms with Gasteiger partial charge in [-0.1, -0.05) is 6.58 Å². The van der Waals surface area contributed by atoms with E-state index in [0.29, 0.717) is 6.07 Å². The first-order valence-corrected chi connectivity index (χ1v) is 10.4. The maximum atomic E-state index is 14.1. The van der Waals surface area contributed by atoms with Crippen LogP contribution in [0.4, 0.5) is 20.2 Å². The molecule has 0 aliphatic carbocycles. The van der Waals surface area contributed by atoms with Gasteiger partial charge in [-0.05, 0) is 36.4 Å². The lowest BCUT2D eigenvalue weighted by molar-refractivity contribution is 0.439. The smallest absolute Gasteiger partial charge is 0.289 e. The first-order chi connectivity index (χ1) is 14.6. The number of rotatable bonds is 7. The second-order valence-corrected chi connectivity index (χ2v) is 7.95. The zero-order valence-corrected chi connectivity index (χ0v) is 17.3. The number of sulfonamides is 1. The third kappa shape index (κ3) is 4.89. The van der Waals surface area contributed by atoms with Crippen molar-refractivity contribution in [3.8, 4) is 22.8 Å². The van der Waals surface area contributed by atoms with Crippen molar-refractivity contribution in [3.63, 3.8) is 0 Å². The number of nitrogens with zero attached hydrogens (tertiary/aromatic N) is 2. The summed E-state index contributed by atoms with van der Waals surface area (Å²) in [6.07, 6.45) is 0. The number of aryl methyl sites for hydroxylation is 1. The normalized spacial score (nSPS) is 11.1. The maximum Gasteiger partial charge on any atom is 0.289 e. The van der Waals surface area contributed by atoms with Gasteiger partial charge in [0.25, 0.3) is 15.6 Å². The van der Waals surface area contributed by atoms with Gasteiger partial charge in [-0.2, -0.15) is 5.10 Å². The number of nitrogens with one attached hydrogen (secondary N) is 2. The molecule has 3 rings (SSSR count). The Balaban J connectivity index is 2.18. The van der Waals surface area contributed by atoms with Crippen molar-refractivity contribution in [3.05, 3.63) is 76.4 Å². The van der Waals surface area contributed by atoms with Crippen LogP contribution in [0.5, 0.6) is 11.5 Å². The van der Waals surface area contributed by atoms with Crippen LogP contribution in [-0.2, 0) is 17.1 Å². The van der Waals surface area contributed by atoms with Gasteiger partial charge in [0.15, 0.2) is 11.6 Å². The van der Waals surface area contributed by atoms with E-state index in [1.165, 1.54) is 31.3 Å². The van der Waals surface area contributed by atoms with Crippen molar-refractivity contribution < 1.29 is 21.9 Å². The minimum Gasteiger partial charge on any atom is -0.454 e. The summed E-state index contributed by atoms with van der Waals surface area (Å²) in [7, 11) is -0.801. The van der Waals surface area contributed by atoms with Crippen LogP contribution >= 0.6 is 0 Å². The lowest BCUT2D eigenvalue weighted by Gasteiger charge is -2.15. The van der Waals surface area contributed by atoms with Crippen molar-refractivity contribution in [1.29, 1.82) is 0 Å². The summed E-state index contributed by atoms with van der Waals surface area (Å²) in [5.74, 6) is -1.84. The molecule has 1 heterocycles. The zero-order chi connectivity index (χ0) is 22.8. The molecule has 2 N–H and O–H groups in total. The van der Waals surface area contributed by atoms with Crippen LogP contribution in [0.25, 0.3) is 11.3 Å². The number of ether oxygens (including phenoxy) is 1. The molecule has 11 heteroatoms. The lowest BCUT2D eigenvalue weighted by atomic mass is 10.1. The Morgan fingerprint density at radius 3 is 2.48 bits per heavy atom. The molecule has 8 nitrogen and oxygen atoms in total. The number of halogens is 2. The molecule has 0 atom stereocenters. The molecule has 0 fully saturated rings. The minimum atomic E-state index is -3.80. The minimum absolute atomic E-state index is 0.0975. The largest absolute Gasteiger partial charge is 0.454 e. The van der Waals surface area contributed by atoms with Gasteiger partial charge in [-0.3, -0.25) is 9.52 Å². The fraction of sp³-hybridized carbons (Fsp3) is 0.100. The van der Waals surface area contributed by atoms with Crippen LogP contribution < -0.4 is 20.3 Å². The van der Waals surface area contributed by atoms with Crippen molar-refractivity contribution >= 4 is 21.4 Å². The molecule has 0 radical (unpaired) electrons. The van der Waals surface area contributed by atoms with Crippen LogP contribution in [0.2, 0.25) is 0 Å². The number of hydrogen-bond acceptors (Lipinski definition) is 6. The molecule has 1 aromatic heterocycles. The summed E-state index contributed by atoms with van der Waals surface area (Å²) in [6, 6.07) is 8.46. The topological polar surface area (TPSA) is 102 Å². The summed E-state index contributed by atoms with van der Waals surface area (Å²) in [5, 5.41) is 7.68. The van der Waals surface area contributed by atoms with E-state index in [1.807, 2.05) is 0 Å². The predicted molar refractivity (Wildman–Crippen MR) is 114 cm³/mol. The Bertz CT molecular complexity index is 1320. The molecule has 162 valence electrons. The zero-order valence-electron chi connectivity index (χ0n) is 16.5. The van der Waals surface area contributed by atoms with E-state index in [1.54, 1.807) is 7.05 Å². The third-order valence-corrected chi connectivity index (χ3v) is 5.14. The standard InChI is InChI=1S/C20H18F2N4O4S/c1-4-31(28,29)25-13-6-8-18(30-19-7-5-12(21)9-15(19)22)14(10-13)16-11-17(23-2)20(27)26(3)24-16/h4-11,23,25H,1H2,2-3H3. The summed E-state index contributed by atoms with van der Waals surface area (Å²) in [5.41, 5.74) is 0.484. The van der Waals surface area contributed by atoms with Gasteiger partial charge in [-0.15, -0.1) is 0 Å². The van der Waals surface area contributed by atoms with Crippen molar-refractivity contribution in [2.75, 3.05) is 17.1 Å². The van der Waals surface area contributed by atoms with Crippen LogP contribution in [0, 0.1) is 11.6 Å². The molecule has 0 aliphatic heterocycles. The SMILES string of the molecule is C=CS(=O)(=O)Nc1ccc(Oc2ccc(F)cc2F)c(-c2cc(NC)c(=O)n(C)n2)c1. The molecule has 3 aromatic rings. The van der Waals surface area contributed by atoms with Gasteiger partial charge in [0.1, 0.15) is 17.3 Å². The Labute approximate surface area is 176 Å². The lowest BCUT2D eigenvalue weighted by Crippen LogP contribution is -2.22. The monoisotopic (exact) mass is 448 g/mol. The number of aromatic nitrogens is 2. The molecule has 0 aliphatic rings. The van der Waals surface area contributed by atoms with Gasteiger partial charge in [0, 0.05) is 36.8 Å². The molecule has 31 heavy (non-hydrogen) atoms. The molecule has 0 saturated carbocycles. The fourth-order valence-corrected chi connectivity index (χ4v) is 3.22. The number of anilines is 2. The molecular formula is C20H18F2N4O4S. The van der Waals surface area contributed by atoms with Crippen LogP contribution in [0.3, 0.4) is 0 Å². The molecule has 0 bridgehead atoms. The van der Waals surface area contributed by atoms with Gasteiger partial charge >= 0.3 is 0 Å². The molecule has 0 spiro atoms. The predicted octanol–water partition coefficient (Wildman–Crippen LogP) is 3.44. The van der Waals surface area contributed by atoms with Gasteiger partial charge in [0.2, 0.25) is 0 Å². The van der Waals surface area contributed by atoms with Gasteiger partial charge in [0.05, 0.1) is 5.69 Å². The summed E-state index contributed by atoms with van der Waals surface area (Å²) in [6.45, 7) is 3.24. The Hall–Kier alpha value is -3.73. The Morgan fingerprint density at radius 1 is 1.13 bits per heavy atom. The summed E-state index contributed by atoms with van der Waals surface area (Å²) < 4.78 is 60.1. The molecule has 0 unspecified atom stereocenters. The first kappa shape index (κ1) is 22.0. The highest BCUT2D eigenvalue weighted by Gasteiger charge is 2.17. The molecular weight excluding hydrogens is 430 g/mol. The Kier molecular flexibility index (Phi) is 6.07. The van der Waals surface area contributed by atoms with E-state index in [0.717, 1.165) is 22.2 Å². The summed E-state index contributed by atoms with van der Waals surface area (Å²) >= 11 is 0. The average molecular weight is 448 g/mol. The van der Waals surface area contributed by atoms with Crippen LogP contribution in [0.1, 0.15) is 0 Å². The second-order valence-electron chi connectivity index (χ2n) is 6.32. The number of hydrogen-bond donors (Lipinski definition) is 2. The molecule has 2 aromatic carbocycles. The van der Waals surface area contributed by atoms with Crippen LogP contribution in [-0.4, -0.2) is 25.2 Å². The molecule has 0 amide bonds. The third-order valence-electron chi connectivity index (χ3n) is 4.18. The highest BCUT2D eigenvalue weighted by Crippen LogP contribution is 2.36. The maximum absolute atomic E-state index is 14.1. The van der Waals surface area contributed by atoms with Crippen LogP contribution in [0.15, 0.2) is 59.2 Å². The first-order valence-electron chi connectivity index (χ1n) is 8.82. The van der Waals surface area contributed by atoms with E-state index < -0.39 is 21.7 Å². The van der Waals surface area contributed by atoms with Crippen molar-refractivity contribution in [2.45, 2.75) is 0 Å². The van der Waals surface area contributed by atoms with E-state index in [4.69, 9.17) is 4.74 Å². The molecule has 0 saturated heterocycles. The highest BCUT2D eigenvalue weighted by molar-refractivity contribution is 7.95. The van der Waals surface area contributed by atoms with E-state index in [9.17, 15) is 22.0 Å². The highest BCUT2D eigenvalue weighted by atomic mass is 32.2. The van der Waals surface area contributed by atoms with E-state index in [-0.39, 0.29) is 39.7 Å². The average Bonchev–Trinajstić information content (AvgIpc) is 2.72. The quantitative estimate of drug-likeness (QED) is 0.574. The Morgan fingerprint density at radius 2 is 1.84 bits per heavy atom. The van der Waals surface area contributed by atoms with E-state index in [2.05, 4.69) is 21.7 Å². The fourth-order valence-electron chi connectivity index (χ4n) is 2.68. The van der Waals surface area contributed by atoms with Crippen molar-refractivity contribution in [1.82, 2.24) is 9.78 Å². The summed E-state index contributed by atoms with van der Waals surface area (Å²) in [4.78, 5) is 12.1. The second kappa shape index (κ2) is 8.56. The van der Waals surface area contributed by atoms with Crippen molar-refractivity contribution in [2.24, 2.45) is 7.05 Å². The van der Waals surface area contributed by atoms with E-state index >= 15 is 0 Å².